The summed E-state index contributed by atoms with van der Waals surface area (Å²) in [4.78, 5) is 14.7. The highest BCUT2D eigenvalue weighted by atomic mass is 19.3. The molecule has 0 aromatic carbocycles. The molecule has 7 nitrogen and oxygen atoms in total. The zero-order valence-electron chi connectivity index (χ0n) is 15.2. The van der Waals surface area contributed by atoms with Gasteiger partial charge in [-0.25, -0.2) is 23.3 Å². The van der Waals surface area contributed by atoms with Gasteiger partial charge in [-0.1, -0.05) is 6.92 Å². The Bertz CT molecular complexity index is 1140. The van der Waals surface area contributed by atoms with Gasteiger partial charge >= 0.3 is 0 Å². The van der Waals surface area contributed by atoms with Crippen molar-refractivity contribution in [3.63, 3.8) is 0 Å². The van der Waals surface area contributed by atoms with E-state index in [2.05, 4.69) is 31.9 Å². The first-order valence-electron chi connectivity index (χ1n) is 9.17. The van der Waals surface area contributed by atoms with E-state index in [-0.39, 0.29) is 17.4 Å². The molecule has 1 unspecified atom stereocenters. The molecule has 5 heterocycles. The van der Waals surface area contributed by atoms with Crippen molar-refractivity contribution < 1.29 is 13.2 Å². The largest absolute Gasteiger partial charge is 0.464 e. The molecule has 1 aliphatic heterocycles. The summed E-state index contributed by atoms with van der Waals surface area (Å²) in [5, 5.41) is 5.17. The summed E-state index contributed by atoms with van der Waals surface area (Å²) >= 11 is 0. The number of alkyl halides is 2. The first kappa shape index (κ1) is 17.0. The molecule has 0 spiro atoms. The predicted octanol–water partition coefficient (Wildman–Crippen LogP) is 3.83. The van der Waals surface area contributed by atoms with Crippen molar-refractivity contribution in [2.24, 2.45) is 5.92 Å². The minimum atomic E-state index is -2.66. The van der Waals surface area contributed by atoms with Crippen molar-refractivity contribution in [3.8, 4) is 0 Å². The summed E-state index contributed by atoms with van der Waals surface area (Å²) in [6, 6.07) is 5.20. The van der Waals surface area contributed by atoms with E-state index in [9.17, 15) is 8.78 Å². The first-order valence-corrected chi connectivity index (χ1v) is 9.17. The van der Waals surface area contributed by atoms with Crippen LogP contribution in [0, 0.1) is 5.92 Å². The minimum Gasteiger partial charge on any atom is -0.464 e. The van der Waals surface area contributed by atoms with E-state index in [0.717, 1.165) is 29.8 Å². The number of anilines is 1. The molecule has 0 saturated carbocycles. The molecule has 0 amide bonds. The summed E-state index contributed by atoms with van der Waals surface area (Å²) in [7, 11) is 0. The second kappa shape index (κ2) is 6.50. The summed E-state index contributed by atoms with van der Waals surface area (Å²) < 4.78 is 33.8. The van der Waals surface area contributed by atoms with E-state index >= 15 is 0 Å². The van der Waals surface area contributed by atoms with Gasteiger partial charge < -0.3 is 9.32 Å². The lowest BCUT2D eigenvalue weighted by Gasteiger charge is -2.38. The molecular formula is C19H18F2N6O. The van der Waals surface area contributed by atoms with Crippen molar-refractivity contribution in [3.05, 3.63) is 48.4 Å². The summed E-state index contributed by atoms with van der Waals surface area (Å²) in [5.74, 6) is 1.33. The standard InChI is InChI=1S/C19H18F2N6O/c1-11-3-6-26(18-12-4-7-28-16(12)2-5-22-18)9-13(11)15-8-14(17(20)21)25-19-23-10-24-27(15)19/h2,4-5,7-8,10-11,13,17H,3,6,9H2,1H3/t11-,13?/m1/s1. The molecular weight excluding hydrogens is 366 g/mol. The van der Waals surface area contributed by atoms with Crippen molar-refractivity contribution in [1.29, 1.82) is 0 Å². The van der Waals surface area contributed by atoms with E-state index in [0.29, 0.717) is 18.2 Å². The quantitative estimate of drug-likeness (QED) is 0.535. The van der Waals surface area contributed by atoms with Gasteiger partial charge in [-0.2, -0.15) is 10.1 Å². The van der Waals surface area contributed by atoms with Gasteiger partial charge in [0.25, 0.3) is 12.2 Å². The number of furan rings is 1. The number of nitrogens with zero attached hydrogens (tertiary/aromatic N) is 6. The molecule has 1 aliphatic rings. The lowest BCUT2D eigenvalue weighted by molar-refractivity contribution is 0.146. The second-order valence-corrected chi connectivity index (χ2v) is 7.16. The van der Waals surface area contributed by atoms with Gasteiger partial charge in [-0.3, -0.25) is 0 Å². The fourth-order valence-electron chi connectivity index (χ4n) is 4.01. The number of pyridine rings is 1. The molecule has 0 radical (unpaired) electrons. The van der Waals surface area contributed by atoms with Crippen LogP contribution in [0.15, 0.2) is 41.4 Å². The van der Waals surface area contributed by atoms with Gasteiger partial charge in [0.1, 0.15) is 23.4 Å². The Balaban J connectivity index is 1.57. The van der Waals surface area contributed by atoms with Crippen molar-refractivity contribution in [2.75, 3.05) is 18.0 Å². The Morgan fingerprint density at radius 1 is 1.25 bits per heavy atom. The van der Waals surface area contributed by atoms with Crippen LogP contribution in [0.25, 0.3) is 16.7 Å². The maximum Gasteiger partial charge on any atom is 0.280 e. The van der Waals surface area contributed by atoms with Crippen LogP contribution in [0.4, 0.5) is 14.6 Å². The minimum absolute atomic E-state index is 0.0117. The van der Waals surface area contributed by atoms with Crippen LogP contribution >= 0.6 is 0 Å². The van der Waals surface area contributed by atoms with Gasteiger partial charge in [0.15, 0.2) is 0 Å². The SMILES string of the molecule is C[C@@H]1CCN(c2nccc3occc23)CC1c1cc(C(F)F)nc2ncnn12. The average molecular weight is 384 g/mol. The Hall–Kier alpha value is -3.10. The Morgan fingerprint density at radius 2 is 2.14 bits per heavy atom. The van der Waals surface area contributed by atoms with Crippen LogP contribution in [0.5, 0.6) is 0 Å². The maximum absolute atomic E-state index is 13.4. The van der Waals surface area contributed by atoms with Gasteiger partial charge in [-0.15, -0.1) is 0 Å². The summed E-state index contributed by atoms with van der Waals surface area (Å²) in [6.45, 7) is 3.61. The van der Waals surface area contributed by atoms with Crippen molar-refractivity contribution >= 4 is 22.6 Å². The highest BCUT2D eigenvalue weighted by Gasteiger charge is 2.32. The van der Waals surface area contributed by atoms with E-state index in [1.54, 1.807) is 17.0 Å². The number of piperidine rings is 1. The third-order valence-electron chi connectivity index (χ3n) is 5.52. The Morgan fingerprint density at radius 3 is 3.00 bits per heavy atom. The molecule has 1 saturated heterocycles. The number of hydrogen-bond acceptors (Lipinski definition) is 6. The lowest BCUT2D eigenvalue weighted by Crippen LogP contribution is -2.39. The third kappa shape index (κ3) is 2.69. The Labute approximate surface area is 159 Å². The molecule has 0 N–H and O–H groups in total. The number of aromatic nitrogens is 5. The molecule has 2 atom stereocenters. The Kier molecular flexibility index (Phi) is 3.96. The highest BCUT2D eigenvalue weighted by Crippen LogP contribution is 2.36. The van der Waals surface area contributed by atoms with Gasteiger partial charge in [0.05, 0.1) is 17.3 Å². The molecule has 4 aromatic rings. The van der Waals surface area contributed by atoms with Crippen LogP contribution in [-0.4, -0.2) is 37.7 Å². The maximum atomic E-state index is 13.4. The third-order valence-corrected chi connectivity index (χ3v) is 5.52. The van der Waals surface area contributed by atoms with Crippen LogP contribution < -0.4 is 4.90 Å². The highest BCUT2D eigenvalue weighted by molar-refractivity contribution is 5.88. The van der Waals surface area contributed by atoms with Crippen molar-refractivity contribution in [1.82, 2.24) is 24.6 Å². The predicted molar refractivity (Wildman–Crippen MR) is 98.5 cm³/mol. The smallest absolute Gasteiger partial charge is 0.280 e. The molecule has 0 aliphatic carbocycles. The van der Waals surface area contributed by atoms with E-state index in [1.165, 1.54) is 12.4 Å². The monoisotopic (exact) mass is 384 g/mol. The van der Waals surface area contributed by atoms with E-state index < -0.39 is 6.43 Å². The second-order valence-electron chi connectivity index (χ2n) is 7.16. The zero-order valence-corrected chi connectivity index (χ0v) is 15.2. The fraction of sp³-hybridized carbons (Fsp3) is 0.368. The zero-order chi connectivity index (χ0) is 19.3. The number of fused-ring (bicyclic) bond motifs is 2. The first-order chi connectivity index (χ1) is 13.6. The molecule has 9 heteroatoms. The van der Waals surface area contributed by atoms with E-state index in [1.807, 2.05) is 12.1 Å². The number of rotatable bonds is 3. The number of halogens is 2. The molecule has 0 bridgehead atoms. The van der Waals surface area contributed by atoms with Gasteiger partial charge in [0.2, 0.25) is 0 Å². The van der Waals surface area contributed by atoms with Crippen LogP contribution in [-0.2, 0) is 0 Å². The van der Waals surface area contributed by atoms with Crippen LogP contribution in [0.3, 0.4) is 0 Å². The topological polar surface area (TPSA) is 72.3 Å². The van der Waals surface area contributed by atoms with E-state index in [4.69, 9.17) is 4.42 Å². The van der Waals surface area contributed by atoms with Gasteiger partial charge in [0, 0.05) is 25.2 Å². The molecule has 28 heavy (non-hydrogen) atoms. The fourth-order valence-corrected chi connectivity index (χ4v) is 4.01. The molecule has 4 aromatic heterocycles. The van der Waals surface area contributed by atoms with Gasteiger partial charge in [-0.05, 0) is 30.5 Å². The summed E-state index contributed by atoms with van der Waals surface area (Å²) in [6.07, 6.45) is 2.97. The van der Waals surface area contributed by atoms with Crippen LogP contribution in [0.1, 0.15) is 37.1 Å². The molecule has 144 valence electrons. The van der Waals surface area contributed by atoms with Crippen molar-refractivity contribution in [2.45, 2.75) is 25.7 Å². The lowest BCUT2D eigenvalue weighted by atomic mass is 9.84. The average Bonchev–Trinajstić information content (AvgIpc) is 3.36. The van der Waals surface area contributed by atoms with Crippen LogP contribution in [0.2, 0.25) is 0 Å². The normalized spacial score (nSPS) is 20.5. The number of hydrogen-bond donors (Lipinski definition) is 0. The molecule has 5 rings (SSSR count). The summed E-state index contributed by atoms with van der Waals surface area (Å²) in [5.41, 5.74) is 1.21. The molecule has 1 fully saturated rings.